The number of aromatic carboxylic acids is 1. The van der Waals surface area contributed by atoms with Crippen molar-refractivity contribution >= 4 is 39.2 Å². The Balaban J connectivity index is 1.46. The zero-order valence-electron chi connectivity index (χ0n) is 14.5. The molecule has 1 amide bonds. The number of anilines is 1. The molecular weight excluding hydrogens is 368 g/mol. The van der Waals surface area contributed by atoms with Crippen molar-refractivity contribution in [3.63, 3.8) is 0 Å². The first-order chi connectivity index (χ1) is 13.0. The van der Waals surface area contributed by atoms with Crippen LogP contribution in [0.5, 0.6) is 0 Å². The van der Waals surface area contributed by atoms with Crippen LogP contribution in [0.4, 0.5) is 5.82 Å². The molecule has 1 N–H and O–H groups in total. The van der Waals surface area contributed by atoms with Gasteiger partial charge in [-0.1, -0.05) is 0 Å². The Kier molecular flexibility index (Phi) is 4.40. The van der Waals surface area contributed by atoms with Crippen LogP contribution in [0.2, 0.25) is 0 Å². The van der Waals surface area contributed by atoms with Crippen LogP contribution in [0.15, 0.2) is 24.8 Å². The summed E-state index contributed by atoms with van der Waals surface area (Å²) in [5, 5.41) is 9.90. The molecule has 1 aliphatic rings. The van der Waals surface area contributed by atoms with Gasteiger partial charge in [-0.15, -0.1) is 11.3 Å². The van der Waals surface area contributed by atoms with Crippen LogP contribution >= 0.6 is 11.3 Å². The van der Waals surface area contributed by atoms with E-state index in [0.29, 0.717) is 26.2 Å². The van der Waals surface area contributed by atoms with Gasteiger partial charge in [0.05, 0.1) is 17.8 Å². The Labute approximate surface area is 158 Å². The van der Waals surface area contributed by atoms with Gasteiger partial charge in [0, 0.05) is 31.1 Å². The number of carbonyl (C=O) groups excluding carboxylic acids is 1. The van der Waals surface area contributed by atoms with Crippen LogP contribution in [0, 0.1) is 6.92 Å². The summed E-state index contributed by atoms with van der Waals surface area (Å²) in [5.41, 5.74) is -0.0402. The summed E-state index contributed by atoms with van der Waals surface area (Å²) in [6.07, 6.45) is 3.88. The van der Waals surface area contributed by atoms with Crippen molar-refractivity contribution in [2.24, 2.45) is 0 Å². The zero-order valence-corrected chi connectivity index (χ0v) is 15.3. The van der Waals surface area contributed by atoms with Gasteiger partial charge in [-0.2, -0.15) is 0 Å². The van der Waals surface area contributed by atoms with Gasteiger partial charge in [-0.05, 0) is 13.0 Å². The van der Waals surface area contributed by atoms with E-state index in [0.717, 1.165) is 22.2 Å². The van der Waals surface area contributed by atoms with E-state index in [9.17, 15) is 9.59 Å². The maximum Gasteiger partial charge on any atom is 0.356 e. The summed E-state index contributed by atoms with van der Waals surface area (Å²) in [6.45, 7) is 4.38. The number of aromatic nitrogens is 4. The minimum absolute atomic E-state index is 0.145. The van der Waals surface area contributed by atoms with Gasteiger partial charge in [0.25, 0.3) is 5.91 Å². The molecule has 138 valence electrons. The summed E-state index contributed by atoms with van der Waals surface area (Å²) in [6, 6.07) is 2.09. The molecular formula is C17H16N6O3S. The quantitative estimate of drug-likeness (QED) is 0.722. The van der Waals surface area contributed by atoms with Gasteiger partial charge in [0.2, 0.25) is 0 Å². The van der Waals surface area contributed by atoms with Gasteiger partial charge in [-0.25, -0.2) is 24.7 Å². The number of amides is 1. The van der Waals surface area contributed by atoms with Crippen LogP contribution in [0.3, 0.4) is 0 Å². The summed E-state index contributed by atoms with van der Waals surface area (Å²) < 4.78 is 0. The molecule has 0 aromatic carbocycles. The number of nitrogens with zero attached hydrogens (tertiary/aromatic N) is 6. The Hall–Kier alpha value is -3.14. The van der Waals surface area contributed by atoms with Crippen molar-refractivity contribution in [2.45, 2.75) is 6.92 Å². The highest BCUT2D eigenvalue weighted by Crippen LogP contribution is 2.30. The first-order valence-corrected chi connectivity index (χ1v) is 9.15. The average molecular weight is 384 g/mol. The molecule has 0 unspecified atom stereocenters. The molecule has 0 saturated carbocycles. The van der Waals surface area contributed by atoms with E-state index in [-0.39, 0.29) is 17.3 Å². The number of hydrogen-bond donors (Lipinski definition) is 1. The maximum atomic E-state index is 12.6. The SMILES string of the molecule is Cc1cc2c(N3CCN(C(=O)c4cnc(C(=O)O)cn4)CC3)ncnc2s1. The Morgan fingerprint density at radius 1 is 1.04 bits per heavy atom. The van der Waals surface area contributed by atoms with E-state index < -0.39 is 5.97 Å². The van der Waals surface area contributed by atoms with Crippen molar-refractivity contribution < 1.29 is 14.7 Å². The number of carbonyl (C=O) groups is 2. The molecule has 27 heavy (non-hydrogen) atoms. The molecule has 3 aromatic heterocycles. The third-order valence-electron chi connectivity index (χ3n) is 4.39. The molecule has 4 rings (SSSR count). The number of aryl methyl sites for hydroxylation is 1. The zero-order chi connectivity index (χ0) is 19.0. The lowest BCUT2D eigenvalue weighted by Crippen LogP contribution is -2.49. The molecule has 1 aliphatic heterocycles. The van der Waals surface area contributed by atoms with Gasteiger partial charge in [-0.3, -0.25) is 4.79 Å². The first kappa shape index (κ1) is 17.3. The minimum Gasteiger partial charge on any atom is -0.476 e. The smallest absolute Gasteiger partial charge is 0.356 e. The summed E-state index contributed by atoms with van der Waals surface area (Å²) in [5.74, 6) is -0.532. The molecule has 10 heteroatoms. The molecule has 4 heterocycles. The lowest BCUT2D eigenvalue weighted by molar-refractivity contribution is 0.0684. The molecule has 0 radical (unpaired) electrons. The molecule has 9 nitrogen and oxygen atoms in total. The maximum absolute atomic E-state index is 12.6. The standard InChI is InChI=1S/C17H16N6O3S/c1-10-6-11-14(20-9-21-15(11)27-10)22-2-4-23(5-3-22)16(24)12-7-19-13(8-18-12)17(25)26/h6-9H,2-5H2,1H3,(H,25,26). The second kappa shape index (κ2) is 6.88. The molecule has 0 aliphatic carbocycles. The number of carboxylic acids is 1. The second-order valence-electron chi connectivity index (χ2n) is 6.14. The van der Waals surface area contributed by atoms with E-state index in [1.54, 1.807) is 22.6 Å². The minimum atomic E-state index is -1.17. The van der Waals surface area contributed by atoms with Gasteiger partial charge in [0.1, 0.15) is 22.7 Å². The van der Waals surface area contributed by atoms with Crippen LogP contribution in [-0.2, 0) is 0 Å². The summed E-state index contributed by atoms with van der Waals surface area (Å²) in [7, 11) is 0. The topological polar surface area (TPSA) is 112 Å². The predicted octanol–water partition coefficient (Wildman–Crippen LogP) is 1.45. The fraction of sp³-hybridized carbons (Fsp3) is 0.294. The van der Waals surface area contributed by atoms with E-state index in [1.165, 1.54) is 11.1 Å². The van der Waals surface area contributed by atoms with Gasteiger partial charge < -0.3 is 14.9 Å². The van der Waals surface area contributed by atoms with Crippen LogP contribution in [0.25, 0.3) is 10.2 Å². The normalized spacial score (nSPS) is 14.6. The molecule has 1 saturated heterocycles. The monoisotopic (exact) mass is 384 g/mol. The number of carboxylic acid groups (broad SMARTS) is 1. The molecule has 3 aromatic rings. The molecule has 0 bridgehead atoms. The summed E-state index contributed by atoms with van der Waals surface area (Å²) in [4.78, 5) is 45.8. The van der Waals surface area contributed by atoms with Crippen molar-refractivity contribution in [1.82, 2.24) is 24.8 Å². The molecule has 0 spiro atoms. The highest BCUT2D eigenvalue weighted by Gasteiger charge is 2.25. The number of fused-ring (bicyclic) bond motifs is 1. The largest absolute Gasteiger partial charge is 0.476 e. The van der Waals surface area contributed by atoms with Crippen LogP contribution in [0.1, 0.15) is 25.9 Å². The lowest BCUT2D eigenvalue weighted by Gasteiger charge is -2.35. The predicted molar refractivity (Wildman–Crippen MR) is 99.3 cm³/mol. The van der Waals surface area contributed by atoms with Gasteiger partial charge in [0.15, 0.2) is 5.69 Å². The highest BCUT2D eigenvalue weighted by molar-refractivity contribution is 7.18. The van der Waals surface area contributed by atoms with E-state index in [1.807, 2.05) is 6.92 Å². The van der Waals surface area contributed by atoms with Crippen molar-refractivity contribution in [3.05, 3.63) is 41.1 Å². The van der Waals surface area contributed by atoms with E-state index >= 15 is 0 Å². The van der Waals surface area contributed by atoms with Crippen LogP contribution in [-0.4, -0.2) is 68.0 Å². The summed E-state index contributed by atoms with van der Waals surface area (Å²) >= 11 is 1.64. The number of hydrogen-bond acceptors (Lipinski definition) is 8. The fourth-order valence-corrected chi connectivity index (χ4v) is 3.89. The van der Waals surface area contributed by atoms with E-state index in [2.05, 4.69) is 30.9 Å². The first-order valence-electron chi connectivity index (χ1n) is 8.33. The fourth-order valence-electron chi connectivity index (χ4n) is 3.05. The highest BCUT2D eigenvalue weighted by atomic mass is 32.1. The molecule has 0 atom stereocenters. The lowest BCUT2D eigenvalue weighted by atomic mass is 10.2. The average Bonchev–Trinajstić information content (AvgIpc) is 3.08. The number of rotatable bonds is 3. The third kappa shape index (κ3) is 3.31. The van der Waals surface area contributed by atoms with Crippen molar-refractivity contribution in [2.75, 3.05) is 31.1 Å². The second-order valence-corrected chi connectivity index (χ2v) is 7.38. The number of piperazine rings is 1. The Morgan fingerprint density at radius 2 is 1.74 bits per heavy atom. The van der Waals surface area contributed by atoms with E-state index in [4.69, 9.17) is 5.11 Å². The number of thiophene rings is 1. The molecule has 1 fully saturated rings. The Bertz CT molecular complexity index is 1010. The third-order valence-corrected chi connectivity index (χ3v) is 5.35. The van der Waals surface area contributed by atoms with Gasteiger partial charge >= 0.3 is 5.97 Å². The van der Waals surface area contributed by atoms with Crippen LogP contribution < -0.4 is 4.90 Å². The Morgan fingerprint density at radius 3 is 2.41 bits per heavy atom. The van der Waals surface area contributed by atoms with Crippen molar-refractivity contribution in [3.8, 4) is 0 Å². The van der Waals surface area contributed by atoms with Crippen molar-refractivity contribution in [1.29, 1.82) is 0 Å².